The fourth-order valence-electron chi connectivity index (χ4n) is 3.05. The number of anilines is 3. The number of amides is 2. The lowest BCUT2D eigenvalue weighted by atomic mass is 10.2. The molecule has 0 radical (unpaired) electrons. The third-order valence-electron chi connectivity index (χ3n) is 4.48. The lowest BCUT2D eigenvalue weighted by molar-refractivity contribution is -0.114. The van der Waals surface area contributed by atoms with Crippen LogP contribution in [-0.2, 0) is 14.8 Å². The first-order valence-electron chi connectivity index (χ1n) is 9.68. The van der Waals surface area contributed by atoms with Gasteiger partial charge in [-0.15, -0.1) is 0 Å². The number of nitrogens with zero attached hydrogens (tertiary/aromatic N) is 1. The van der Waals surface area contributed by atoms with Crippen molar-refractivity contribution >= 4 is 38.9 Å². The van der Waals surface area contributed by atoms with Crippen molar-refractivity contribution in [3.05, 3.63) is 84.4 Å². The Balaban J connectivity index is 1.82. The first-order chi connectivity index (χ1) is 14.8. The van der Waals surface area contributed by atoms with Crippen LogP contribution in [-0.4, -0.2) is 26.8 Å². The molecule has 0 unspecified atom stereocenters. The van der Waals surface area contributed by atoms with E-state index in [1.807, 2.05) is 6.07 Å². The molecule has 3 aromatic rings. The highest BCUT2D eigenvalue weighted by atomic mass is 32.2. The molecule has 0 aliphatic heterocycles. The number of carbonyl (C=O) groups excluding carboxylic acids is 2. The molecule has 0 aliphatic carbocycles. The second-order valence-electron chi connectivity index (χ2n) is 6.75. The molecule has 0 fully saturated rings. The third-order valence-corrected chi connectivity index (χ3v) is 6.38. The van der Waals surface area contributed by atoms with E-state index in [4.69, 9.17) is 0 Å². The molecule has 3 rings (SSSR count). The zero-order chi connectivity index (χ0) is 22.4. The molecule has 31 heavy (non-hydrogen) atoms. The quantitative estimate of drug-likeness (QED) is 0.581. The normalized spacial score (nSPS) is 10.9. The Morgan fingerprint density at radius 2 is 1.45 bits per heavy atom. The van der Waals surface area contributed by atoms with Crippen LogP contribution in [0.2, 0.25) is 0 Å². The van der Waals surface area contributed by atoms with Crippen LogP contribution in [0.5, 0.6) is 0 Å². The van der Waals surface area contributed by atoms with Crippen molar-refractivity contribution in [2.24, 2.45) is 0 Å². The standard InChI is InChI=1S/C23H23N3O4S/c1-3-26(21-9-5-4-6-10-21)31(29,30)22-11-7-8-18(16-22)23(28)25-20-14-12-19(13-15-20)24-17(2)27/h4-16H,3H2,1-2H3,(H,24,27)(H,25,28). The van der Waals surface area contributed by atoms with Gasteiger partial charge in [0.15, 0.2) is 0 Å². The number of benzene rings is 3. The second-order valence-corrected chi connectivity index (χ2v) is 8.61. The topological polar surface area (TPSA) is 95.6 Å². The minimum absolute atomic E-state index is 0.0341. The highest BCUT2D eigenvalue weighted by molar-refractivity contribution is 7.92. The number of rotatable bonds is 7. The van der Waals surface area contributed by atoms with Gasteiger partial charge in [0.1, 0.15) is 0 Å². The van der Waals surface area contributed by atoms with Crippen molar-refractivity contribution < 1.29 is 18.0 Å². The van der Waals surface area contributed by atoms with Crippen molar-refractivity contribution in [1.82, 2.24) is 0 Å². The van der Waals surface area contributed by atoms with E-state index >= 15 is 0 Å². The van der Waals surface area contributed by atoms with Crippen LogP contribution in [0.1, 0.15) is 24.2 Å². The van der Waals surface area contributed by atoms with Crippen LogP contribution in [0.15, 0.2) is 83.8 Å². The molecule has 0 saturated heterocycles. The van der Waals surface area contributed by atoms with Crippen LogP contribution in [0.25, 0.3) is 0 Å². The van der Waals surface area contributed by atoms with E-state index in [1.54, 1.807) is 67.6 Å². The number of sulfonamides is 1. The van der Waals surface area contributed by atoms with Crippen molar-refractivity contribution in [2.45, 2.75) is 18.7 Å². The molecule has 3 aromatic carbocycles. The predicted molar refractivity (Wildman–Crippen MR) is 122 cm³/mol. The maximum atomic E-state index is 13.2. The van der Waals surface area contributed by atoms with Gasteiger partial charge in [0.05, 0.1) is 10.6 Å². The van der Waals surface area contributed by atoms with E-state index in [9.17, 15) is 18.0 Å². The van der Waals surface area contributed by atoms with Gasteiger partial charge in [0.25, 0.3) is 15.9 Å². The summed E-state index contributed by atoms with van der Waals surface area (Å²) in [4.78, 5) is 23.8. The predicted octanol–water partition coefficient (Wildman–Crippen LogP) is 4.11. The molecule has 0 atom stereocenters. The van der Waals surface area contributed by atoms with Gasteiger partial charge in [0, 0.05) is 30.4 Å². The number of para-hydroxylation sites is 1. The molecule has 0 saturated carbocycles. The van der Waals surface area contributed by atoms with Crippen LogP contribution in [0, 0.1) is 0 Å². The summed E-state index contributed by atoms with van der Waals surface area (Å²) < 4.78 is 27.7. The molecule has 160 valence electrons. The van der Waals surface area contributed by atoms with E-state index < -0.39 is 15.9 Å². The Kier molecular flexibility index (Phi) is 6.71. The monoisotopic (exact) mass is 437 g/mol. The zero-order valence-electron chi connectivity index (χ0n) is 17.2. The maximum Gasteiger partial charge on any atom is 0.264 e. The highest BCUT2D eigenvalue weighted by Crippen LogP contribution is 2.24. The number of hydrogen-bond donors (Lipinski definition) is 2. The van der Waals surface area contributed by atoms with Crippen molar-refractivity contribution in [2.75, 3.05) is 21.5 Å². The minimum Gasteiger partial charge on any atom is -0.326 e. The number of nitrogens with one attached hydrogen (secondary N) is 2. The van der Waals surface area contributed by atoms with Gasteiger partial charge >= 0.3 is 0 Å². The molecule has 0 heterocycles. The second kappa shape index (κ2) is 9.44. The fraction of sp³-hybridized carbons (Fsp3) is 0.130. The van der Waals surface area contributed by atoms with Gasteiger partial charge < -0.3 is 10.6 Å². The van der Waals surface area contributed by atoms with E-state index in [0.717, 1.165) is 0 Å². The third kappa shape index (κ3) is 5.29. The molecule has 0 aromatic heterocycles. The number of hydrogen-bond acceptors (Lipinski definition) is 4. The molecule has 2 amide bonds. The molecule has 2 N–H and O–H groups in total. The Bertz CT molecular complexity index is 1180. The van der Waals surface area contributed by atoms with Gasteiger partial charge in [-0.3, -0.25) is 13.9 Å². The Hall–Kier alpha value is -3.65. The Morgan fingerprint density at radius 3 is 2.03 bits per heavy atom. The zero-order valence-corrected chi connectivity index (χ0v) is 18.0. The molecule has 7 nitrogen and oxygen atoms in total. The van der Waals surface area contributed by atoms with Crippen molar-refractivity contribution in [3.63, 3.8) is 0 Å². The summed E-state index contributed by atoms with van der Waals surface area (Å²) in [5, 5.41) is 5.38. The average Bonchev–Trinajstić information content (AvgIpc) is 2.76. The SMILES string of the molecule is CCN(c1ccccc1)S(=O)(=O)c1cccc(C(=O)Nc2ccc(NC(C)=O)cc2)c1. The lowest BCUT2D eigenvalue weighted by Gasteiger charge is -2.23. The minimum atomic E-state index is -3.84. The van der Waals surface area contributed by atoms with Gasteiger partial charge in [0.2, 0.25) is 5.91 Å². The molecule has 0 bridgehead atoms. The first kappa shape index (κ1) is 22.0. The van der Waals surface area contributed by atoms with Crippen LogP contribution < -0.4 is 14.9 Å². The average molecular weight is 438 g/mol. The lowest BCUT2D eigenvalue weighted by Crippen LogP contribution is -2.30. The fourth-order valence-corrected chi connectivity index (χ4v) is 4.57. The first-order valence-corrected chi connectivity index (χ1v) is 11.1. The van der Waals surface area contributed by atoms with Crippen LogP contribution >= 0.6 is 0 Å². The summed E-state index contributed by atoms with van der Waals surface area (Å²) in [6.45, 7) is 3.42. The van der Waals surface area contributed by atoms with Gasteiger partial charge in [-0.25, -0.2) is 8.42 Å². The molecular formula is C23H23N3O4S. The summed E-state index contributed by atoms with van der Waals surface area (Å²) >= 11 is 0. The smallest absolute Gasteiger partial charge is 0.264 e. The summed E-state index contributed by atoms with van der Waals surface area (Å²) in [7, 11) is -3.84. The highest BCUT2D eigenvalue weighted by Gasteiger charge is 2.24. The van der Waals surface area contributed by atoms with E-state index in [1.165, 1.54) is 23.4 Å². The Morgan fingerprint density at radius 1 is 0.839 bits per heavy atom. The molecule has 0 aliphatic rings. The number of carbonyl (C=O) groups is 2. The van der Waals surface area contributed by atoms with Crippen molar-refractivity contribution in [3.8, 4) is 0 Å². The molecule has 8 heteroatoms. The molecular weight excluding hydrogens is 414 g/mol. The molecule has 0 spiro atoms. The van der Waals surface area contributed by atoms with Gasteiger partial charge in [-0.2, -0.15) is 0 Å². The summed E-state index contributed by atoms with van der Waals surface area (Å²) in [6.07, 6.45) is 0. The summed E-state index contributed by atoms with van der Waals surface area (Å²) in [6, 6.07) is 21.4. The largest absolute Gasteiger partial charge is 0.326 e. The van der Waals surface area contributed by atoms with E-state index in [-0.39, 0.29) is 22.9 Å². The van der Waals surface area contributed by atoms with Gasteiger partial charge in [-0.05, 0) is 61.5 Å². The van der Waals surface area contributed by atoms with Crippen molar-refractivity contribution in [1.29, 1.82) is 0 Å². The Labute approximate surface area is 181 Å². The van der Waals surface area contributed by atoms with E-state index in [0.29, 0.717) is 17.1 Å². The van der Waals surface area contributed by atoms with Crippen LogP contribution in [0.3, 0.4) is 0 Å². The summed E-state index contributed by atoms with van der Waals surface area (Å²) in [5.74, 6) is -0.626. The van der Waals surface area contributed by atoms with E-state index in [2.05, 4.69) is 10.6 Å². The maximum absolute atomic E-state index is 13.2. The van der Waals surface area contributed by atoms with Gasteiger partial charge in [-0.1, -0.05) is 24.3 Å². The van der Waals surface area contributed by atoms with Crippen LogP contribution in [0.4, 0.5) is 17.1 Å². The summed E-state index contributed by atoms with van der Waals surface area (Å²) in [5.41, 5.74) is 1.90.